The Hall–Kier alpha value is -2.87. The van der Waals surface area contributed by atoms with E-state index in [-0.39, 0.29) is 6.04 Å². The predicted molar refractivity (Wildman–Crippen MR) is 91.1 cm³/mol. The second kappa shape index (κ2) is 5.84. The number of primary amides is 1. The fraction of sp³-hybridized carbons (Fsp3) is 0.389. The molecule has 2 heterocycles. The number of hydrogen-bond donors (Lipinski definition) is 3. The van der Waals surface area contributed by atoms with Crippen LogP contribution in [-0.4, -0.2) is 35.4 Å². The minimum absolute atomic E-state index is 0.0441. The van der Waals surface area contributed by atoms with E-state index in [4.69, 9.17) is 15.2 Å². The van der Waals surface area contributed by atoms with Gasteiger partial charge in [-0.25, -0.2) is 9.59 Å². The van der Waals surface area contributed by atoms with Gasteiger partial charge in [0.05, 0.1) is 0 Å². The van der Waals surface area contributed by atoms with Crippen molar-refractivity contribution in [1.29, 1.82) is 0 Å². The van der Waals surface area contributed by atoms with E-state index in [9.17, 15) is 14.4 Å². The van der Waals surface area contributed by atoms with Gasteiger partial charge in [0, 0.05) is 28.9 Å². The molecule has 1 aromatic heterocycles. The number of carbonyl (C=O) groups excluding carboxylic acids is 3. The van der Waals surface area contributed by atoms with Gasteiger partial charge in [0.2, 0.25) is 5.91 Å². The van der Waals surface area contributed by atoms with E-state index in [0.717, 1.165) is 29.4 Å². The second-order valence-corrected chi connectivity index (χ2v) is 6.69. The van der Waals surface area contributed by atoms with E-state index in [1.165, 1.54) is 0 Å². The number of nitrogens with one attached hydrogen (secondary N) is 2. The molecule has 136 valence electrons. The van der Waals surface area contributed by atoms with Crippen molar-refractivity contribution in [3.05, 3.63) is 35.0 Å². The molecule has 1 spiro atoms. The van der Waals surface area contributed by atoms with E-state index >= 15 is 0 Å². The molecule has 26 heavy (non-hydrogen) atoms. The lowest BCUT2D eigenvalue weighted by atomic mass is 9.86. The Balaban J connectivity index is 1.86. The highest BCUT2D eigenvalue weighted by Crippen LogP contribution is 2.45. The van der Waals surface area contributed by atoms with Crippen molar-refractivity contribution in [2.45, 2.75) is 38.0 Å². The normalized spacial score (nSPS) is 20.9. The van der Waals surface area contributed by atoms with Gasteiger partial charge < -0.3 is 25.5 Å². The lowest BCUT2D eigenvalue weighted by Crippen LogP contribution is -2.45. The van der Waals surface area contributed by atoms with Crippen LogP contribution in [0.3, 0.4) is 0 Å². The van der Waals surface area contributed by atoms with Crippen LogP contribution in [0.25, 0.3) is 10.9 Å². The number of hydrogen-bond acceptors (Lipinski definition) is 6. The molecule has 0 bridgehead atoms. The van der Waals surface area contributed by atoms with Gasteiger partial charge in [-0.1, -0.05) is 6.92 Å². The summed E-state index contributed by atoms with van der Waals surface area (Å²) >= 11 is 0. The van der Waals surface area contributed by atoms with E-state index in [0.29, 0.717) is 24.1 Å². The molecule has 1 fully saturated rings. The molecule has 2 aromatic rings. The highest BCUT2D eigenvalue weighted by Gasteiger charge is 2.55. The first-order chi connectivity index (χ1) is 12.4. The molecule has 1 saturated heterocycles. The predicted octanol–water partition coefficient (Wildman–Crippen LogP) is 0.834. The summed E-state index contributed by atoms with van der Waals surface area (Å²) in [5, 5.41) is 4.20. The molecular formula is C18H19N3O5. The van der Waals surface area contributed by atoms with Gasteiger partial charge in [0.25, 0.3) is 0 Å². The number of aromatic amines is 1. The van der Waals surface area contributed by atoms with Crippen LogP contribution in [0.4, 0.5) is 0 Å². The number of amides is 1. The zero-order chi connectivity index (χ0) is 18.5. The second-order valence-electron chi connectivity index (χ2n) is 6.69. The quantitative estimate of drug-likeness (QED) is 0.550. The van der Waals surface area contributed by atoms with Gasteiger partial charge >= 0.3 is 17.7 Å². The molecule has 1 unspecified atom stereocenters. The summed E-state index contributed by atoms with van der Waals surface area (Å²) in [6.45, 7) is 2.84. The van der Waals surface area contributed by atoms with Crippen LogP contribution in [0.15, 0.2) is 18.2 Å². The molecule has 1 aliphatic carbocycles. The summed E-state index contributed by atoms with van der Waals surface area (Å²) in [5.41, 5.74) is 7.94. The van der Waals surface area contributed by atoms with Crippen molar-refractivity contribution < 1.29 is 23.9 Å². The van der Waals surface area contributed by atoms with E-state index in [1.807, 2.05) is 0 Å². The molecule has 1 aromatic carbocycles. The highest BCUT2D eigenvalue weighted by molar-refractivity contribution is 6.31. The van der Waals surface area contributed by atoms with Crippen LogP contribution in [0.2, 0.25) is 0 Å². The number of ether oxygens (including phenoxy) is 2. The first-order valence-corrected chi connectivity index (χ1v) is 8.58. The molecule has 0 saturated carbocycles. The van der Waals surface area contributed by atoms with Gasteiger partial charge in [-0.15, -0.1) is 0 Å². The van der Waals surface area contributed by atoms with Gasteiger partial charge in [-0.2, -0.15) is 0 Å². The number of fused-ring (bicyclic) bond motifs is 4. The SMILES string of the molecule is CCCNC1Cc2c([nH]c3ccc(C(N)=O)cc23)C2(C1)OC(=O)C(=O)O2. The Labute approximate surface area is 149 Å². The van der Waals surface area contributed by atoms with E-state index < -0.39 is 23.6 Å². The standard InChI is InChI=1S/C18H19N3O5/c1-2-5-20-10-7-12-11-6-9(15(19)22)3-4-13(11)21-14(12)18(8-10)25-16(23)17(24)26-18/h3-4,6,10,20-21H,2,5,7-8H2,1H3,(H2,19,22). The highest BCUT2D eigenvalue weighted by atomic mass is 16.8. The lowest BCUT2D eigenvalue weighted by molar-refractivity contribution is -0.193. The average Bonchev–Trinajstić information content (AvgIpc) is 3.11. The molecule has 1 amide bonds. The van der Waals surface area contributed by atoms with E-state index in [1.54, 1.807) is 18.2 Å². The topological polar surface area (TPSA) is 124 Å². The summed E-state index contributed by atoms with van der Waals surface area (Å²) in [6.07, 6.45) is 1.91. The van der Waals surface area contributed by atoms with Crippen molar-refractivity contribution in [1.82, 2.24) is 10.3 Å². The first-order valence-electron chi connectivity index (χ1n) is 8.58. The molecule has 1 aliphatic heterocycles. The summed E-state index contributed by atoms with van der Waals surface area (Å²) in [7, 11) is 0. The van der Waals surface area contributed by atoms with Gasteiger partial charge in [-0.3, -0.25) is 4.79 Å². The maximum Gasteiger partial charge on any atom is 0.421 e. The minimum Gasteiger partial charge on any atom is -0.408 e. The minimum atomic E-state index is -1.46. The van der Waals surface area contributed by atoms with Gasteiger partial charge in [0.15, 0.2) is 0 Å². The monoisotopic (exact) mass is 357 g/mol. The Morgan fingerprint density at radius 2 is 2.08 bits per heavy atom. The van der Waals surface area contributed by atoms with E-state index in [2.05, 4.69) is 17.2 Å². The van der Waals surface area contributed by atoms with Gasteiger partial charge in [0.1, 0.15) is 5.69 Å². The number of carbonyl (C=O) groups is 3. The van der Waals surface area contributed by atoms with Crippen molar-refractivity contribution in [3.8, 4) is 0 Å². The maximum absolute atomic E-state index is 11.7. The molecular weight excluding hydrogens is 338 g/mol. The van der Waals surface area contributed by atoms with Crippen LogP contribution in [0, 0.1) is 0 Å². The fourth-order valence-corrected chi connectivity index (χ4v) is 3.76. The van der Waals surface area contributed by atoms with Gasteiger partial charge in [-0.05, 0) is 43.1 Å². The molecule has 0 radical (unpaired) electrons. The van der Waals surface area contributed by atoms with Crippen LogP contribution in [0.1, 0.15) is 41.4 Å². The third-order valence-electron chi connectivity index (χ3n) is 4.90. The number of rotatable bonds is 4. The van der Waals surface area contributed by atoms with Crippen molar-refractivity contribution in [2.75, 3.05) is 6.54 Å². The number of H-pyrrole nitrogens is 1. The maximum atomic E-state index is 11.7. The molecule has 1 atom stereocenters. The summed E-state index contributed by atoms with van der Waals surface area (Å²) in [6, 6.07) is 5.03. The zero-order valence-corrected chi connectivity index (χ0v) is 14.3. The van der Waals surface area contributed by atoms with Crippen LogP contribution >= 0.6 is 0 Å². The number of nitrogens with two attached hydrogens (primary N) is 1. The zero-order valence-electron chi connectivity index (χ0n) is 14.3. The first kappa shape index (κ1) is 16.6. The summed E-state index contributed by atoms with van der Waals surface area (Å²) in [5.74, 6) is -3.97. The molecule has 8 nitrogen and oxygen atoms in total. The smallest absolute Gasteiger partial charge is 0.408 e. The largest absolute Gasteiger partial charge is 0.421 e. The summed E-state index contributed by atoms with van der Waals surface area (Å²) < 4.78 is 10.7. The Bertz CT molecular complexity index is 916. The van der Waals surface area contributed by atoms with Crippen LogP contribution in [-0.2, 0) is 31.3 Å². The number of aromatic nitrogens is 1. The Morgan fingerprint density at radius 1 is 1.35 bits per heavy atom. The average molecular weight is 357 g/mol. The van der Waals surface area contributed by atoms with Crippen LogP contribution in [0.5, 0.6) is 0 Å². The third-order valence-corrected chi connectivity index (χ3v) is 4.90. The fourth-order valence-electron chi connectivity index (χ4n) is 3.76. The molecule has 4 rings (SSSR count). The van der Waals surface area contributed by atoms with Crippen LogP contribution < -0.4 is 11.1 Å². The van der Waals surface area contributed by atoms with Crippen molar-refractivity contribution in [3.63, 3.8) is 0 Å². The lowest BCUT2D eigenvalue weighted by Gasteiger charge is -2.35. The van der Waals surface area contributed by atoms with Crippen molar-refractivity contribution >= 4 is 28.7 Å². The summed E-state index contributed by atoms with van der Waals surface area (Å²) in [4.78, 5) is 38.2. The molecule has 8 heteroatoms. The Morgan fingerprint density at radius 3 is 2.73 bits per heavy atom. The molecule has 2 aliphatic rings. The number of esters is 2. The Kier molecular flexibility index (Phi) is 3.73. The third kappa shape index (κ3) is 2.45. The molecule has 4 N–H and O–H groups in total. The van der Waals surface area contributed by atoms with Crippen molar-refractivity contribution in [2.24, 2.45) is 5.73 Å². The number of benzene rings is 1.